The van der Waals surface area contributed by atoms with Crippen LogP contribution in [0.15, 0.2) is 24.3 Å². The number of aromatic nitrogens is 4. The zero-order valence-electron chi connectivity index (χ0n) is 17.8. The van der Waals surface area contributed by atoms with Gasteiger partial charge in [-0.1, -0.05) is 32.4 Å². The minimum atomic E-state index is -0.172. The summed E-state index contributed by atoms with van der Waals surface area (Å²) in [5.74, 6) is 0.371. The average Bonchev–Trinajstić information content (AvgIpc) is 3.28. The Kier molecular flexibility index (Phi) is 4.81. The summed E-state index contributed by atoms with van der Waals surface area (Å²) < 4.78 is 0. The molecule has 1 aliphatic carbocycles. The highest BCUT2D eigenvalue weighted by Gasteiger charge is 2.32. The number of hydrogen-bond acceptors (Lipinski definition) is 3. The second-order valence-electron chi connectivity index (χ2n) is 9.27. The number of anilines is 1. The Hall–Kier alpha value is -2.89. The molecule has 6 heteroatoms. The van der Waals surface area contributed by atoms with E-state index in [9.17, 15) is 4.79 Å². The van der Waals surface area contributed by atoms with Gasteiger partial charge in [0.25, 0.3) is 5.91 Å². The predicted molar refractivity (Wildman–Crippen MR) is 115 cm³/mol. The number of aromatic amines is 2. The van der Waals surface area contributed by atoms with Crippen LogP contribution in [0.1, 0.15) is 60.2 Å². The molecule has 2 aromatic heterocycles. The molecule has 3 aromatic rings. The number of hydrogen-bond donors (Lipinski definition) is 3. The maximum absolute atomic E-state index is 13.2. The number of nitrogens with zero attached hydrogens (tertiary/aromatic N) is 2. The predicted octanol–water partition coefficient (Wildman–Crippen LogP) is 4.82. The van der Waals surface area contributed by atoms with Crippen LogP contribution < -0.4 is 5.32 Å². The lowest BCUT2D eigenvalue weighted by Crippen LogP contribution is -2.28. The van der Waals surface area contributed by atoms with Gasteiger partial charge in [0, 0.05) is 22.5 Å². The molecule has 0 saturated heterocycles. The summed E-state index contributed by atoms with van der Waals surface area (Å²) in [6, 6.07) is 7.95. The van der Waals surface area contributed by atoms with E-state index in [1.807, 2.05) is 38.1 Å². The van der Waals surface area contributed by atoms with E-state index < -0.39 is 0 Å². The van der Waals surface area contributed by atoms with Crippen molar-refractivity contribution >= 4 is 11.6 Å². The van der Waals surface area contributed by atoms with E-state index in [-0.39, 0.29) is 11.3 Å². The number of benzene rings is 1. The van der Waals surface area contributed by atoms with Crippen molar-refractivity contribution in [2.24, 2.45) is 11.3 Å². The summed E-state index contributed by atoms with van der Waals surface area (Å²) in [7, 11) is 0. The number of H-pyrrole nitrogens is 2. The van der Waals surface area contributed by atoms with E-state index in [0.717, 1.165) is 58.7 Å². The van der Waals surface area contributed by atoms with Crippen molar-refractivity contribution in [3.05, 3.63) is 52.5 Å². The Labute approximate surface area is 171 Å². The SMILES string of the molecule is Cc1ccc(NC(=O)c2n[nH]c3c2CC(C(C)(C)C)CC3)c(-c2cc(C)[nH]n2)c1. The fraction of sp³-hybridized carbons (Fsp3) is 0.435. The van der Waals surface area contributed by atoms with Crippen LogP contribution in [0.4, 0.5) is 5.69 Å². The zero-order chi connectivity index (χ0) is 20.8. The van der Waals surface area contributed by atoms with E-state index in [0.29, 0.717) is 11.6 Å². The Morgan fingerprint density at radius 2 is 1.93 bits per heavy atom. The molecule has 1 unspecified atom stereocenters. The summed E-state index contributed by atoms with van der Waals surface area (Å²) in [5, 5.41) is 17.9. The summed E-state index contributed by atoms with van der Waals surface area (Å²) >= 11 is 0. The van der Waals surface area contributed by atoms with Crippen LogP contribution in [0, 0.1) is 25.2 Å². The van der Waals surface area contributed by atoms with E-state index in [4.69, 9.17) is 0 Å². The van der Waals surface area contributed by atoms with Crippen molar-refractivity contribution in [3.63, 3.8) is 0 Å². The molecule has 0 saturated carbocycles. The van der Waals surface area contributed by atoms with Crippen LogP contribution in [0.5, 0.6) is 0 Å². The average molecular weight is 392 g/mol. The molecule has 4 rings (SSSR count). The van der Waals surface area contributed by atoms with Crippen LogP contribution in [-0.2, 0) is 12.8 Å². The van der Waals surface area contributed by atoms with Crippen LogP contribution in [0.25, 0.3) is 11.3 Å². The highest BCUT2D eigenvalue weighted by atomic mass is 16.1. The first kappa shape index (κ1) is 19.4. The maximum Gasteiger partial charge on any atom is 0.276 e. The van der Waals surface area contributed by atoms with Crippen molar-refractivity contribution < 1.29 is 4.79 Å². The van der Waals surface area contributed by atoms with E-state index in [1.165, 1.54) is 0 Å². The molecule has 0 spiro atoms. The summed E-state index contributed by atoms with van der Waals surface area (Å²) in [5.41, 5.74) is 7.45. The minimum Gasteiger partial charge on any atom is -0.320 e. The Morgan fingerprint density at radius 1 is 1.14 bits per heavy atom. The van der Waals surface area contributed by atoms with E-state index in [1.54, 1.807) is 0 Å². The van der Waals surface area contributed by atoms with Gasteiger partial charge in [0.15, 0.2) is 5.69 Å². The lowest BCUT2D eigenvalue weighted by atomic mass is 9.71. The van der Waals surface area contributed by atoms with Crippen LogP contribution in [0.2, 0.25) is 0 Å². The molecule has 6 nitrogen and oxygen atoms in total. The van der Waals surface area contributed by atoms with Crippen LogP contribution in [-0.4, -0.2) is 26.3 Å². The quantitative estimate of drug-likeness (QED) is 0.598. The van der Waals surface area contributed by atoms with Gasteiger partial charge in [0.1, 0.15) is 0 Å². The molecule has 1 atom stereocenters. The molecular formula is C23H29N5O. The molecule has 3 N–H and O–H groups in total. The normalized spacial score (nSPS) is 16.5. The fourth-order valence-corrected chi connectivity index (χ4v) is 4.14. The number of fused-ring (bicyclic) bond motifs is 1. The van der Waals surface area contributed by atoms with Crippen LogP contribution in [0.3, 0.4) is 0 Å². The number of carbonyl (C=O) groups is 1. The van der Waals surface area contributed by atoms with Crippen molar-refractivity contribution in [1.29, 1.82) is 0 Å². The molecular weight excluding hydrogens is 362 g/mol. The van der Waals surface area contributed by atoms with Gasteiger partial charge in [0.2, 0.25) is 0 Å². The van der Waals surface area contributed by atoms with Gasteiger partial charge in [-0.15, -0.1) is 0 Å². The second-order valence-corrected chi connectivity index (χ2v) is 9.27. The lowest BCUT2D eigenvalue weighted by molar-refractivity contribution is 0.102. The van der Waals surface area contributed by atoms with Crippen LogP contribution >= 0.6 is 0 Å². The molecule has 1 amide bonds. The van der Waals surface area contributed by atoms with Gasteiger partial charge >= 0.3 is 0 Å². The number of aryl methyl sites for hydroxylation is 3. The molecule has 0 fully saturated rings. The zero-order valence-corrected chi connectivity index (χ0v) is 17.8. The summed E-state index contributed by atoms with van der Waals surface area (Å²) in [6.07, 6.45) is 2.96. The fourth-order valence-electron chi connectivity index (χ4n) is 4.14. The summed E-state index contributed by atoms with van der Waals surface area (Å²) in [4.78, 5) is 13.2. The number of nitrogens with one attached hydrogen (secondary N) is 3. The molecule has 2 heterocycles. The van der Waals surface area contributed by atoms with Gasteiger partial charge in [-0.05, 0) is 62.6 Å². The third kappa shape index (κ3) is 3.84. The molecule has 29 heavy (non-hydrogen) atoms. The molecule has 0 bridgehead atoms. The highest BCUT2D eigenvalue weighted by molar-refractivity contribution is 6.06. The van der Waals surface area contributed by atoms with E-state index in [2.05, 4.69) is 46.5 Å². The van der Waals surface area contributed by atoms with E-state index >= 15 is 0 Å². The Bertz CT molecular complexity index is 1050. The summed E-state index contributed by atoms with van der Waals surface area (Å²) in [6.45, 7) is 10.8. The Balaban J connectivity index is 1.63. The van der Waals surface area contributed by atoms with Crippen molar-refractivity contribution in [2.75, 3.05) is 5.32 Å². The Morgan fingerprint density at radius 3 is 2.62 bits per heavy atom. The topological polar surface area (TPSA) is 86.5 Å². The van der Waals surface area contributed by atoms with Gasteiger partial charge in [0.05, 0.1) is 11.4 Å². The van der Waals surface area contributed by atoms with Crippen molar-refractivity contribution in [2.45, 2.75) is 53.9 Å². The number of carbonyl (C=O) groups excluding carboxylic acids is 1. The molecule has 1 aromatic carbocycles. The second kappa shape index (κ2) is 7.17. The molecule has 1 aliphatic rings. The first-order valence-electron chi connectivity index (χ1n) is 10.2. The van der Waals surface area contributed by atoms with Gasteiger partial charge in [-0.2, -0.15) is 10.2 Å². The standard InChI is InChI=1S/C23H29N5O/c1-13-6-8-18(16(10-13)20-11-14(2)25-27-20)24-22(29)21-17-12-15(23(3,4)5)7-9-19(17)26-28-21/h6,8,10-11,15H,7,9,12H2,1-5H3,(H,24,29)(H,25,27)(H,26,28). The molecule has 0 aliphatic heterocycles. The largest absolute Gasteiger partial charge is 0.320 e. The molecule has 0 radical (unpaired) electrons. The lowest BCUT2D eigenvalue weighted by Gasteiger charge is -2.33. The van der Waals surface area contributed by atoms with Crippen molar-refractivity contribution in [1.82, 2.24) is 20.4 Å². The van der Waals surface area contributed by atoms with Crippen molar-refractivity contribution in [3.8, 4) is 11.3 Å². The third-order valence-electron chi connectivity index (χ3n) is 5.99. The first-order valence-corrected chi connectivity index (χ1v) is 10.2. The maximum atomic E-state index is 13.2. The highest BCUT2D eigenvalue weighted by Crippen LogP contribution is 2.38. The monoisotopic (exact) mass is 391 g/mol. The van der Waals surface area contributed by atoms with Gasteiger partial charge < -0.3 is 5.32 Å². The van der Waals surface area contributed by atoms with Gasteiger partial charge in [-0.3, -0.25) is 15.0 Å². The number of amides is 1. The molecule has 152 valence electrons. The minimum absolute atomic E-state index is 0.172. The third-order valence-corrected chi connectivity index (χ3v) is 5.99. The number of rotatable bonds is 3. The van der Waals surface area contributed by atoms with Gasteiger partial charge in [-0.25, -0.2) is 0 Å². The first-order chi connectivity index (χ1) is 13.7. The smallest absolute Gasteiger partial charge is 0.276 e.